The van der Waals surface area contributed by atoms with Crippen LogP contribution in [0.25, 0.3) is 0 Å². The molecule has 0 aromatic heterocycles. The number of rotatable bonds is 5. The van der Waals surface area contributed by atoms with E-state index in [0.717, 1.165) is 25.7 Å². The minimum absolute atomic E-state index is 0.0469. The highest BCUT2D eigenvalue weighted by atomic mass is 16.4. The van der Waals surface area contributed by atoms with E-state index in [1.165, 1.54) is 6.07 Å². The van der Waals surface area contributed by atoms with E-state index in [-0.39, 0.29) is 29.9 Å². The minimum atomic E-state index is -1.03. The molecule has 0 spiro atoms. The van der Waals surface area contributed by atoms with Crippen molar-refractivity contribution in [3.63, 3.8) is 0 Å². The van der Waals surface area contributed by atoms with Gasteiger partial charge in [0.1, 0.15) is 0 Å². The molecule has 5 heteroatoms. The molecule has 1 saturated carbocycles. The summed E-state index contributed by atoms with van der Waals surface area (Å²) in [6.07, 6.45) is 3.54. The van der Waals surface area contributed by atoms with Gasteiger partial charge in [0.05, 0.1) is 18.1 Å². The fourth-order valence-electron chi connectivity index (χ4n) is 2.79. The topological polar surface area (TPSA) is 86.6 Å². The van der Waals surface area contributed by atoms with Gasteiger partial charge >= 0.3 is 5.97 Å². The summed E-state index contributed by atoms with van der Waals surface area (Å²) in [4.78, 5) is 23.0. The Morgan fingerprint density at radius 3 is 2.62 bits per heavy atom. The highest BCUT2D eigenvalue weighted by Crippen LogP contribution is 2.23. The summed E-state index contributed by atoms with van der Waals surface area (Å²) in [5, 5.41) is 21.7. The van der Waals surface area contributed by atoms with Crippen LogP contribution in [0.2, 0.25) is 0 Å². The molecule has 2 unspecified atom stereocenters. The Morgan fingerprint density at radius 2 is 1.90 bits per heavy atom. The van der Waals surface area contributed by atoms with Gasteiger partial charge in [-0.3, -0.25) is 4.79 Å². The van der Waals surface area contributed by atoms with Crippen LogP contribution in [0.1, 0.15) is 41.6 Å². The second-order valence-electron chi connectivity index (χ2n) is 5.56. The summed E-state index contributed by atoms with van der Waals surface area (Å²) >= 11 is 0. The molecular formula is C16H21NO4. The van der Waals surface area contributed by atoms with E-state index in [0.29, 0.717) is 12.1 Å². The maximum absolute atomic E-state index is 12.0. The number of carboxylic acid groups (broad SMARTS) is 1. The average Bonchev–Trinajstić information content (AvgIpc) is 2.47. The van der Waals surface area contributed by atoms with E-state index in [2.05, 4.69) is 5.32 Å². The standard InChI is InChI=1S/C16H21NO4/c18-14-8-4-2-6-12(14)10-17-15(19)9-11-5-1-3-7-13(11)16(20)21/h1,3,5,7,12,14,18H,2,4,6,8-10H2,(H,17,19)(H,20,21). The van der Waals surface area contributed by atoms with E-state index in [1.807, 2.05) is 0 Å². The number of aromatic carboxylic acids is 1. The summed E-state index contributed by atoms with van der Waals surface area (Å²) < 4.78 is 0. The zero-order valence-electron chi connectivity index (χ0n) is 11.9. The number of aliphatic hydroxyl groups is 1. The van der Waals surface area contributed by atoms with Gasteiger partial charge in [-0.05, 0) is 24.5 Å². The highest BCUT2D eigenvalue weighted by Gasteiger charge is 2.23. The lowest BCUT2D eigenvalue weighted by atomic mass is 9.86. The summed E-state index contributed by atoms with van der Waals surface area (Å²) in [5.74, 6) is -1.13. The number of carbonyl (C=O) groups is 2. The Balaban J connectivity index is 1.89. The van der Waals surface area contributed by atoms with Gasteiger partial charge < -0.3 is 15.5 Å². The van der Waals surface area contributed by atoms with Crippen molar-refractivity contribution in [2.75, 3.05) is 6.54 Å². The highest BCUT2D eigenvalue weighted by molar-refractivity contribution is 5.91. The predicted octanol–water partition coefficient (Wildman–Crippen LogP) is 1.59. The van der Waals surface area contributed by atoms with Gasteiger partial charge in [-0.2, -0.15) is 0 Å². The van der Waals surface area contributed by atoms with Gasteiger partial charge in [0.15, 0.2) is 0 Å². The lowest BCUT2D eigenvalue weighted by Gasteiger charge is -2.27. The van der Waals surface area contributed by atoms with Gasteiger partial charge in [0, 0.05) is 12.5 Å². The molecule has 0 radical (unpaired) electrons. The first kappa shape index (κ1) is 15.5. The number of benzene rings is 1. The molecule has 1 fully saturated rings. The monoisotopic (exact) mass is 291 g/mol. The van der Waals surface area contributed by atoms with Gasteiger partial charge in [-0.15, -0.1) is 0 Å². The third-order valence-electron chi connectivity index (χ3n) is 4.03. The van der Waals surface area contributed by atoms with Crippen molar-refractivity contribution in [1.29, 1.82) is 0 Å². The molecule has 1 aliphatic rings. The quantitative estimate of drug-likeness (QED) is 0.769. The number of carbonyl (C=O) groups excluding carboxylic acids is 1. The van der Waals surface area contributed by atoms with E-state index >= 15 is 0 Å². The number of hydrogen-bond donors (Lipinski definition) is 3. The second-order valence-corrected chi connectivity index (χ2v) is 5.56. The van der Waals surface area contributed by atoms with Crippen LogP contribution in [0.15, 0.2) is 24.3 Å². The molecule has 2 rings (SSSR count). The van der Waals surface area contributed by atoms with Crippen molar-refractivity contribution in [3.8, 4) is 0 Å². The van der Waals surface area contributed by atoms with Crippen molar-refractivity contribution in [1.82, 2.24) is 5.32 Å². The van der Waals surface area contributed by atoms with Gasteiger partial charge in [-0.25, -0.2) is 4.79 Å². The first-order valence-corrected chi connectivity index (χ1v) is 7.34. The lowest BCUT2D eigenvalue weighted by Crippen LogP contribution is -2.37. The Bertz CT molecular complexity index is 515. The molecule has 114 valence electrons. The molecule has 0 aliphatic heterocycles. The molecule has 0 bridgehead atoms. The third-order valence-corrected chi connectivity index (χ3v) is 4.03. The molecule has 1 aromatic carbocycles. The molecule has 21 heavy (non-hydrogen) atoms. The average molecular weight is 291 g/mol. The third kappa shape index (κ3) is 4.29. The molecule has 0 saturated heterocycles. The van der Waals surface area contributed by atoms with Crippen LogP contribution in [0.4, 0.5) is 0 Å². The summed E-state index contributed by atoms with van der Waals surface area (Å²) in [6, 6.07) is 6.51. The number of aliphatic hydroxyl groups excluding tert-OH is 1. The van der Waals surface area contributed by atoms with Gasteiger partial charge in [-0.1, -0.05) is 31.0 Å². The van der Waals surface area contributed by atoms with Crippen molar-refractivity contribution < 1.29 is 19.8 Å². The minimum Gasteiger partial charge on any atom is -0.478 e. The SMILES string of the molecule is O=C(Cc1ccccc1C(=O)O)NCC1CCCCC1O. The van der Waals surface area contributed by atoms with Crippen LogP contribution in [0, 0.1) is 5.92 Å². The fourth-order valence-corrected chi connectivity index (χ4v) is 2.79. The van der Waals surface area contributed by atoms with Crippen LogP contribution in [-0.2, 0) is 11.2 Å². The Hall–Kier alpha value is -1.88. The van der Waals surface area contributed by atoms with Crippen molar-refractivity contribution >= 4 is 11.9 Å². The maximum atomic E-state index is 12.0. The number of carboxylic acids is 1. The number of nitrogens with one attached hydrogen (secondary N) is 1. The van der Waals surface area contributed by atoms with E-state index in [4.69, 9.17) is 5.11 Å². The van der Waals surface area contributed by atoms with E-state index in [9.17, 15) is 14.7 Å². The summed E-state index contributed by atoms with van der Waals surface area (Å²) in [5.41, 5.74) is 0.664. The van der Waals surface area contributed by atoms with E-state index in [1.54, 1.807) is 18.2 Å². The molecule has 5 nitrogen and oxygen atoms in total. The van der Waals surface area contributed by atoms with Crippen molar-refractivity contribution in [2.24, 2.45) is 5.92 Å². The zero-order chi connectivity index (χ0) is 15.2. The van der Waals surface area contributed by atoms with Crippen LogP contribution in [-0.4, -0.2) is 34.7 Å². The molecule has 1 aromatic rings. The van der Waals surface area contributed by atoms with Gasteiger partial charge in [0.2, 0.25) is 5.91 Å². The van der Waals surface area contributed by atoms with E-state index < -0.39 is 5.97 Å². The molecule has 3 N–H and O–H groups in total. The van der Waals surface area contributed by atoms with Crippen molar-refractivity contribution in [2.45, 2.75) is 38.2 Å². The lowest BCUT2D eigenvalue weighted by molar-refractivity contribution is -0.120. The van der Waals surface area contributed by atoms with Crippen LogP contribution < -0.4 is 5.32 Å². The van der Waals surface area contributed by atoms with Crippen LogP contribution >= 0.6 is 0 Å². The normalized spacial score (nSPS) is 21.8. The summed E-state index contributed by atoms with van der Waals surface area (Å²) in [7, 11) is 0. The predicted molar refractivity (Wildman–Crippen MR) is 78.1 cm³/mol. The molecule has 1 aliphatic carbocycles. The Kier molecular flexibility index (Phi) is 5.33. The van der Waals surface area contributed by atoms with Crippen LogP contribution in [0.3, 0.4) is 0 Å². The first-order valence-electron chi connectivity index (χ1n) is 7.34. The number of amides is 1. The fraction of sp³-hybridized carbons (Fsp3) is 0.500. The Labute approximate surface area is 124 Å². The summed E-state index contributed by atoms with van der Waals surface area (Å²) in [6.45, 7) is 0.454. The molecule has 0 heterocycles. The smallest absolute Gasteiger partial charge is 0.335 e. The van der Waals surface area contributed by atoms with Crippen LogP contribution in [0.5, 0.6) is 0 Å². The Morgan fingerprint density at radius 1 is 1.19 bits per heavy atom. The number of hydrogen-bond acceptors (Lipinski definition) is 3. The van der Waals surface area contributed by atoms with Gasteiger partial charge in [0.25, 0.3) is 0 Å². The zero-order valence-corrected chi connectivity index (χ0v) is 11.9. The largest absolute Gasteiger partial charge is 0.478 e. The first-order chi connectivity index (χ1) is 10.1. The molecule has 1 amide bonds. The maximum Gasteiger partial charge on any atom is 0.335 e. The molecular weight excluding hydrogens is 270 g/mol. The van der Waals surface area contributed by atoms with Crippen molar-refractivity contribution in [3.05, 3.63) is 35.4 Å². The second kappa shape index (κ2) is 7.22. The molecule has 2 atom stereocenters.